The Balaban J connectivity index is 1.87. The molecule has 0 heterocycles. The predicted octanol–water partition coefficient (Wildman–Crippen LogP) is 3.65. The molecule has 22 heavy (non-hydrogen) atoms. The van der Waals surface area contributed by atoms with Crippen LogP contribution in [0, 0.1) is 0 Å². The van der Waals surface area contributed by atoms with Gasteiger partial charge in [-0.3, -0.25) is 4.99 Å². The third kappa shape index (κ3) is 4.95. The van der Waals surface area contributed by atoms with Gasteiger partial charge in [-0.25, -0.2) is 0 Å². The van der Waals surface area contributed by atoms with E-state index in [9.17, 15) is 0 Å². The molecular weight excluding hydrogens is 290 g/mol. The number of fused-ring (bicyclic) bond motifs is 1. The normalized spacial score (nSPS) is 11.6. The molecule has 0 aromatic heterocycles. The maximum absolute atomic E-state index is 4.29. The van der Waals surface area contributed by atoms with Crippen molar-refractivity contribution < 1.29 is 0 Å². The van der Waals surface area contributed by atoms with Crippen LogP contribution in [0.3, 0.4) is 0 Å². The van der Waals surface area contributed by atoms with E-state index >= 15 is 0 Å². The zero-order chi connectivity index (χ0) is 15.6. The minimum absolute atomic E-state index is 0.784. The van der Waals surface area contributed by atoms with Crippen LogP contribution in [0.15, 0.2) is 47.5 Å². The van der Waals surface area contributed by atoms with Crippen LogP contribution in [0.1, 0.15) is 18.4 Å². The fourth-order valence-corrected chi connectivity index (χ4v) is 2.92. The van der Waals surface area contributed by atoms with Crippen molar-refractivity contribution in [2.75, 3.05) is 25.6 Å². The lowest BCUT2D eigenvalue weighted by molar-refractivity contribution is 0.733. The second-order valence-electron chi connectivity index (χ2n) is 5.19. The Kier molecular flexibility index (Phi) is 7.10. The number of aliphatic imine (C=N–C) groups is 1. The molecule has 4 heteroatoms. The SMILES string of the molecule is CN=C(NCCCCSC)NCc1cccc2ccccc12. The van der Waals surface area contributed by atoms with Crippen LogP contribution in [0.4, 0.5) is 0 Å². The van der Waals surface area contributed by atoms with Crippen molar-refractivity contribution in [2.45, 2.75) is 19.4 Å². The molecule has 2 aromatic rings. The third-order valence-electron chi connectivity index (χ3n) is 3.62. The monoisotopic (exact) mass is 315 g/mol. The van der Waals surface area contributed by atoms with Gasteiger partial charge in [-0.05, 0) is 41.2 Å². The Morgan fingerprint density at radius 1 is 1.05 bits per heavy atom. The predicted molar refractivity (Wildman–Crippen MR) is 99.8 cm³/mol. The van der Waals surface area contributed by atoms with Crippen molar-refractivity contribution in [3.05, 3.63) is 48.0 Å². The topological polar surface area (TPSA) is 36.4 Å². The highest BCUT2D eigenvalue weighted by molar-refractivity contribution is 7.98. The largest absolute Gasteiger partial charge is 0.356 e. The Hall–Kier alpha value is -1.68. The summed E-state index contributed by atoms with van der Waals surface area (Å²) in [4.78, 5) is 4.29. The van der Waals surface area contributed by atoms with Crippen LogP contribution in [0.25, 0.3) is 10.8 Å². The Morgan fingerprint density at radius 3 is 2.68 bits per heavy atom. The van der Waals surface area contributed by atoms with E-state index in [1.807, 2.05) is 18.8 Å². The number of hydrogen-bond acceptors (Lipinski definition) is 2. The lowest BCUT2D eigenvalue weighted by atomic mass is 10.0. The molecule has 2 aromatic carbocycles. The van der Waals surface area contributed by atoms with E-state index in [4.69, 9.17) is 0 Å². The molecular formula is C18H25N3S. The molecule has 0 atom stereocenters. The van der Waals surface area contributed by atoms with Crippen molar-refractivity contribution in [2.24, 2.45) is 4.99 Å². The summed E-state index contributed by atoms with van der Waals surface area (Å²) in [5, 5.41) is 9.36. The van der Waals surface area contributed by atoms with Crippen molar-refractivity contribution >= 4 is 28.5 Å². The number of nitrogens with zero attached hydrogens (tertiary/aromatic N) is 1. The van der Waals surface area contributed by atoms with Crippen molar-refractivity contribution in [3.63, 3.8) is 0 Å². The van der Waals surface area contributed by atoms with Crippen LogP contribution in [-0.4, -0.2) is 31.6 Å². The quantitative estimate of drug-likeness (QED) is 0.465. The van der Waals surface area contributed by atoms with E-state index in [0.29, 0.717) is 0 Å². The van der Waals surface area contributed by atoms with Crippen molar-refractivity contribution in [1.29, 1.82) is 0 Å². The minimum atomic E-state index is 0.784. The molecule has 0 spiro atoms. The first-order chi connectivity index (χ1) is 10.8. The number of rotatable bonds is 7. The Bertz CT molecular complexity index is 605. The van der Waals surface area contributed by atoms with Gasteiger partial charge in [-0.2, -0.15) is 11.8 Å². The highest BCUT2D eigenvalue weighted by Crippen LogP contribution is 2.18. The average Bonchev–Trinajstić information content (AvgIpc) is 2.57. The van der Waals surface area contributed by atoms with Crippen LogP contribution < -0.4 is 10.6 Å². The first kappa shape index (κ1) is 16.7. The highest BCUT2D eigenvalue weighted by atomic mass is 32.2. The van der Waals surface area contributed by atoms with Gasteiger partial charge < -0.3 is 10.6 Å². The van der Waals surface area contributed by atoms with Crippen LogP contribution in [-0.2, 0) is 6.54 Å². The first-order valence-electron chi connectivity index (χ1n) is 7.75. The summed E-state index contributed by atoms with van der Waals surface area (Å²) in [7, 11) is 1.82. The van der Waals surface area contributed by atoms with Gasteiger partial charge in [0.25, 0.3) is 0 Å². The maximum atomic E-state index is 4.29. The summed E-state index contributed by atoms with van der Waals surface area (Å²) in [6.45, 7) is 1.75. The summed E-state index contributed by atoms with van der Waals surface area (Å²) < 4.78 is 0. The first-order valence-corrected chi connectivity index (χ1v) is 9.14. The maximum Gasteiger partial charge on any atom is 0.191 e. The second-order valence-corrected chi connectivity index (χ2v) is 6.18. The molecule has 3 nitrogen and oxygen atoms in total. The van der Waals surface area contributed by atoms with E-state index in [0.717, 1.165) is 19.0 Å². The summed E-state index contributed by atoms with van der Waals surface area (Å²) in [5.74, 6) is 2.10. The van der Waals surface area contributed by atoms with E-state index in [2.05, 4.69) is 64.3 Å². The molecule has 0 aliphatic heterocycles. The van der Waals surface area contributed by atoms with Gasteiger partial charge in [-0.1, -0.05) is 42.5 Å². The highest BCUT2D eigenvalue weighted by Gasteiger charge is 2.02. The molecule has 0 bridgehead atoms. The second kappa shape index (κ2) is 9.36. The zero-order valence-corrected chi connectivity index (χ0v) is 14.2. The molecule has 0 radical (unpaired) electrons. The molecule has 0 aliphatic rings. The molecule has 0 saturated heterocycles. The van der Waals surface area contributed by atoms with Gasteiger partial charge in [0.15, 0.2) is 5.96 Å². The minimum Gasteiger partial charge on any atom is -0.356 e. The molecule has 0 unspecified atom stereocenters. The number of guanidine groups is 1. The summed E-state index contributed by atoms with van der Waals surface area (Å²) in [5.41, 5.74) is 1.29. The molecule has 0 saturated carbocycles. The van der Waals surface area contributed by atoms with Crippen LogP contribution in [0.2, 0.25) is 0 Å². The van der Waals surface area contributed by atoms with Gasteiger partial charge in [0.05, 0.1) is 0 Å². The molecule has 0 aliphatic carbocycles. The van der Waals surface area contributed by atoms with Crippen LogP contribution in [0.5, 0.6) is 0 Å². The number of nitrogens with one attached hydrogen (secondary N) is 2. The number of hydrogen-bond donors (Lipinski definition) is 2. The van der Waals surface area contributed by atoms with Gasteiger partial charge in [0.2, 0.25) is 0 Å². The van der Waals surface area contributed by atoms with Crippen molar-refractivity contribution in [1.82, 2.24) is 10.6 Å². The van der Waals surface area contributed by atoms with Gasteiger partial charge in [0.1, 0.15) is 0 Å². The average molecular weight is 315 g/mol. The molecule has 0 amide bonds. The lowest BCUT2D eigenvalue weighted by Gasteiger charge is -2.13. The van der Waals surface area contributed by atoms with Gasteiger partial charge in [0, 0.05) is 20.1 Å². The van der Waals surface area contributed by atoms with Gasteiger partial charge in [-0.15, -0.1) is 0 Å². The summed E-state index contributed by atoms with van der Waals surface area (Å²) in [6, 6.07) is 14.9. The molecule has 2 rings (SSSR count). The Labute approximate surface area is 137 Å². The standard InChI is InChI=1S/C18H25N3S/c1-19-18(20-12-5-6-13-22-2)21-14-16-10-7-9-15-8-3-4-11-17(15)16/h3-4,7-11H,5-6,12-14H2,1-2H3,(H2,19,20,21). The lowest BCUT2D eigenvalue weighted by Crippen LogP contribution is -2.37. The van der Waals surface area contributed by atoms with Crippen LogP contribution >= 0.6 is 11.8 Å². The summed E-state index contributed by atoms with van der Waals surface area (Å²) >= 11 is 1.90. The fraction of sp³-hybridized carbons (Fsp3) is 0.389. The van der Waals surface area contributed by atoms with E-state index in [-0.39, 0.29) is 0 Å². The van der Waals surface area contributed by atoms with E-state index in [1.165, 1.54) is 34.9 Å². The third-order valence-corrected chi connectivity index (χ3v) is 4.31. The number of benzene rings is 2. The summed E-state index contributed by atoms with van der Waals surface area (Å²) in [6.07, 6.45) is 4.57. The molecule has 0 fully saturated rings. The van der Waals surface area contributed by atoms with E-state index in [1.54, 1.807) is 0 Å². The van der Waals surface area contributed by atoms with Crippen molar-refractivity contribution in [3.8, 4) is 0 Å². The van der Waals surface area contributed by atoms with Gasteiger partial charge >= 0.3 is 0 Å². The Morgan fingerprint density at radius 2 is 1.86 bits per heavy atom. The van der Waals surface area contributed by atoms with E-state index < -0.39 is 0 Å². The number of thioether (sulfide) groups is 1. The fourth-order valence-electron chi connectivity index (χ4n) is 2.42. The smallest absolute Gasteiger partial charge is 0.191 e. The molecule has 118 valence electrons. The molecule has 2 N–H and O–H groups in total. The zero-order valence-electron chi connectivity index (χ0n) is 13.4. The number of unbranched alkanes of at least 4 members (excludes halogenated alkanes) is 1.